The number of ether oxygens (including phenoxy) is 1. The Labute approximate surface area is 160 Å². The monoisotopic (exact) mass is 381 g/mol. The van der Waals surface area contributed by atoms with Gasteiger partial charge in [0.1, 0.15) is 5.75 Å². The van der Waals surface area contributed by atoms with Gasteiger partial charge >= 0.3 is 0 Å². The van der Waals surface area contributed by atoms with Crippen molar-refractivity contribution in [3.63, 3.8) is 0 Å². The lowest BCUT2D eigenvalue weighted by Crippen LogP contribution is -2.53. The predicted octanol–water partition coefficient (Wildman–Crippen LogP) is 2.25. The molecule has 0 aromatic heterocycles. The summed E-state index contributed by atoms with van der Waals surface area (Å²) in [6, 6.07) is 7.47. The molecule has 6 nitrogen and oxygen atoms in total. The molecule has 1 aliphatic heterocycles. The van der Waals surface area contributed by atoms with Crippen molar-refractivity contribution in [1.82, 2.24) is 5.32 Å². The lowest BCUT2D eigenvalue weighted by Gasteiger charge is -2.30. The highest BCUT2D eigenvalue weighted by Gasteiger charge is 2.40. The molecule has 1 unspecified atom stereocenters. The zero-order chi connectivity index (χ0) is 17.9. The molecule has 1 saturated carbocycles. The molecule has 26 heavy (non-hydrogen) atoms. The van der Waals surface area contributed by atoms with Gasteiger partial charge in [-0.2, -0.15) is 0 Å². The van der Waals surface area contributed by atoms with Crippen LogP contribution in [0.3, 0.4) is 0 Å². The first-order chi connectivity index (χ1) is 12.1. The van der Waals surface area contributed by atoms with Gasteiger partial charge in [-0.25, -0.2) is 0 Å². The Morgan fingerprint density at radius 1 is 1.35 bits per heavy atom. The summed E-state index contributed by atoms with van der Waals surface area (Å²) in [5, 5.41) is 3.14. The normalized spacial score (nSPS) is 21.4. The fourth-order valence-corrected chi connectivity index (χ4v) is 3.87. The summed E-state index contributed by atoms with van der Waals surface area (Å²) in [5.74, 6) is 0.234. The number of nitrogens with two attached hydrogens (primary N) is 1. The molecule has 1 heterocycles. The predicted molar refractivity (Wildman–Crippen MR) is 104 cm³/mol. The maximum atomic E-state index is 12.7. The molecule has 1 aromatic carbocycles. The van der Waals surface area contributed by atoms with Gasteiger partial charge in [0, 0.05) is 19.5 Å². The molecule has 1 saturated heterocycles. The number of nitrogens with zero attached hydrogens (tertiary/aromatic N) is 1. The van der Waals surface area contributed by atoms with E-state index >= 15 is 0 Å². The van der Waals surface area contributed by atoms with Crippen LogP contribution in [0.4, 0.5) is 5.69 Å². The summed E-state index contributed by atoms with van der Waals surface area (Å²) >= 11 is 0. The van der Waals surface area contributed by atoms with Crippen molar-refractivity contribution < 1.29 is 14.3 Å². The largest absolute Gasteiger partial charge is 0.492 e. The van der Waals surface area contributed by atoms with E-state index in [9.17, 15) is 9.59 Å². The van der Waals surface area contributed by atoms with E-state index in [2.05, 4.69) is 5.32 Å². The summed E-state index contributed by atoms with van der Waals surface area (Å²) in [6.45, 7) is 3.28. The molecule has 2 aliphatic rings. The molecule has 0 radical (unpaired) electrons. The first kappa shape index (κ1) is 20.5. The Hall–Kier alpha value is -1.79. The summed E-state index contributed by atoms with van der Waals surface area (Å²) in [4.78, 5) is 26.9. The molecule has 0 spiro atoms. The standard InChI is InChI=1S/C19H27N3O3.ClH/c1-2-25-16-8-4-3-7-15(16)22-12-14(11-17(22)23)18(24)21-19(13-20)9-5-6-10-19;/h3-4,7-8,14H,2,5-6,9-13,20H2,1H3,(H,21,24);1H. The summed E-state index contributed by atoms with van der Waals surface area (Å²) in [5.41, 5.74) is 6.36. The van der Waals surface area contributed by atoms with Crippen LogP contribution in [0.5, 0.6) is 5.75 Å². The highest BCUT2D eigenvalue weighted by atomic mass is 35.5. The molecule has 144 valence electrons. The number of halogens is 1. The van der Waals surface area contributed by atoms with E-state index in [0.717, 1.165) is 31.4 Å². The van der Waals surface area contributed by atoms with Crippen LogP contribution in [0.25, 0.3) is 0 Å². The van der Waals surface area contributed by atoms with Crippen LogP contribution in [-0.2, 0) is 9.59 Å². The van der Waals surface area contributed by atoms with Gasteiger partial charge in [0.15, 0.2) is 0 Å². The topological polar surface area (TPSA) is 84.7 Å². The van der Waals surface area contributed by atoms with Crippen LogP contribution in [-0.4, -0.2) is 37.0 Å². The highest BCUT2D eigenvalue weighted by molar-refractivity contribution is 6.01. The van der Waals surface area contributed by atoms with Crippen LogP contribution < -0.4 is 20.7 Å². The minimum absolute atomic E-state index is 0. The first-order valence-corrected chi connectivity index (χ1v) is 9.13. The van der Waals surface area contributed by atoms with Gasteiger partial charge in [0.25, 0.3) is 0 Å². The van der Waals surface area contributed by atoms with Crippen molar-refractivity contribution in [2.24, 2.45) is 11.7 Å². The van der Waals surface area contributed by atoms with Crippen LogP contribution in [0.1, 0.15) is 39.0 Å². The molecule has 2 fully saturated rings. The highest BCUT2D eigenvalue weighted by Crippen LogP contribution is 2.34. The number of carbonyl (C=O) groups is 2. The Kier molecular flexibility index (Phi) is 6.89. The second-order valence-corrected chi connectivity index (χ2v) is 6.99. The van der Waals surface area contributed by atoms with Gasteiger partial charge in [-0.15, -0.1) is 12.4 Å². The number of hydrogen-bond donors (Lipinski definition) is 2. The van der Waals surface area contributed by atoms with Crippen molar-refractivity contribution in [3.05, 3.63) is 24.3 Å². The number of amides is 2. The van der Waals surface area contributed by atoms with Gasteiger partial charge in [0.2, 0.25) is 11.8 Å². The van der Waals surface area contributed by atoms with Crippen molar-refractivity contribution >= 4 is 29.9 Å². The Bertz CT molecular complexity index is 647. The number of hydrogen-bond acceptors (Lipinski definition) is 4. The summed E-state index contributed by atoms with van der Waals surface area (Å²) < 4.78 is 5.62. The Balaban J connectivity index is 0.00000243. The number of anilines is 1. The minimum atomic E-state index is -0.341. The number of rotatable bonds is 6. The number of carbonyl (C=O) groups excluding carboxylic acids is 2. The average Bonchev–Trinajstić information content (AvgIpc) is 3.23. The molecule has 0 bridgehead atoms. The molecule has 7 heteroatoms. The second-order valence-electron chi connectivity index (χ2n) is 6.99. The fourth-order valence-electron chi connectivity index (χ4n) is 3.87. The third kappa shape index (κ3) is 4.13. The van der Waals surface area contributed by atoms with Gasteiger partial charge in [-0.3, -0.25) is 9.59 Å². The van der Waals surface area contributed by atoms with Crippen LogP contribution in [0, 0.1) is 5.92 Å². The third-order valence-electron chi connectivity index (χ3n) is 5.29. The van der Waals surface area contributed by atoms with Crippen LogP contribution in [0.15, 0.2) is 24.3 Å². The quantitative estimate of drug-likeness (QED) is 0.791. The van der Waals surface area contributed by atoms with Gasteiger partial charge in [-0.1, -0.05) is 25.0 Å². The van der Waals surface area contributed by atoms with E-state index in [1.54, 1.807) is 4.90 Å². The molecule has 1 aromatic rings. The van der Waals surface area contributed by atoms with E-state index in [-0.39, 0.29) is 42.1 Å². The lowest BCUT2D eigenvalue weighted by molar-refractivity contribution is -0.127. The van der Waals surface area contributed by atoms with Gasteiger partial charge in [0.05, 0.1) is 23.8 Å². The number of nitrogens with one attached hydrogen (secondary N) is 1. The molecular formula is C19H28ClN3O3. The van der Waals surface area contributed by atoms with E-state index < -0.39 is 0 Å². The fraction of sp³-hybridized carbons (Fsp3) is 0.579. The van der Waals surface area contributed by atoms with Gasteiger partial charge in [-0.05, 0) is 31.9 Å². The zero-order valence-electron chi connectivity index (χ0n) is 15.2. The smallest absolute Gasteiger partial charge is 0.227 e. The maximum Gasteiger partial charge on any atom is 0.227 e. The van der Waals surface area contributed by atoms with Crippen molar-refractivity contribution in [2.75, 3.05) is 24.6 Å². The van der Waals surface area contributed by atoms with E-state index in [1.165, 1.54) is 0 Å². The Morgan fingerprint density at radius 2 is 2.04 bits per heavy atom. The molecule has 1 aliphatic carbocycles. The maximum absolute atomic E-state index is 12.7. The summed E-state index contributed by atoms with van der Waals surface area (Å²) in [7, 11) is 0. The number of para-hydroxylation sites is 2. The molecule has 3 rings (SSSR count). The lowest BCUT2D eigenvalue weighted by atomic mass is 9.96. The van der Waals surface area contributed by atoms with E-state index in [0.29, 0.717) is 25.4 Å². The Morgan fingerprint density at radius 3 is 2.69 bits per heavy atom. The first-order valence-electron chi connectivity index (χ1n) is 9.13. The van der Waals surface area contributed by atoms with Crippen molar-refractivity contribution in [1.29, 1.82) is 0 Å². The van der Waals surface area contributed by atoms with Crippen LogP contribution in [0.2, 0.25) is 0 Å². The second kappa shape index (κ2) is 8.73. The zero-order valence-corrected chi connectivity index (χ0v) is 16.0. The molecule has 2 amide bonds. The molecule has 3 N–H and O–H groups in total. The molecule has 1 atom stereocenters. The SMILES string of the molecule is CCOc1ccccc1N1CC(C(=O)NC2(CN)CCCC2)CC1=O.Cl. The van der Waals surface area contributed by atoms with Crippen LogP contribution >= 0.6 is 12.4 Å². The average molecular weight is 382 g/mol. The molecular weight excluding hydrogens is 354 g/mol. The van der Waals surface area contributed by atoms with Crippen molar-refractivity contribution in [3.8, 4) is 5.75 Å². The van der Waals surface area contributed by atoms with Crippen molar-refractivity contribution in [2.45, 2.75) is 44.6 Å². The van der Waals surface area contributed by atoms with Gasteiger partial charge < -0.3 is 20.7 Å². The van der Waals surface area contributed by atoms with E-state index in [1.807, 2.05) is 31.2 Å². The minimum Gasteiger partial charge on any atom is -0.492 e. The summed E-state index contributed by atoms with van der Waals surface area (Å²) in [6.07, 6.45) is 4.26. The third-order valence-corrected chi connectivity index (χ3v) is 5.29. The number of benzene rings is 1. The van der Waals surface area contributed by atoms with E-state index in [4.69, 9.17) is 10.5 Å².